The normalized spacial score (nSPS) is 10.3. The van der Waals surface area contributed by atoms with Crippen LogP contribution in [0.5, 0.6) is 6.01 Å². The van der Waals surface area contributed by atoms with E-state index in [2.05, 4.69) is 15.3 Å². The third-order valence-electron chi connectivity index (χ3n) is 1.33. The van der Waals surface area contributed by atoms with Crippen molar-refractivity contribution in [3.05, 3.63) is 18.3 Å². The first kappa shape index (κ1) is 6.09. The fraction of sp³-hybridized carbons (Fsp3) is 0.167. The Labute approximate surface area is 62.6 Å². The summed E-state index contributed by atoms with van der Waals surface area (Å²) in [7, 11) is 1.53. The van der Waals surface area contributed by atoms with Crippen molar-refractivity contribution < 1.29 is 4.74 Å². The SMILES string of the molecule is COc1nnc2cccnn12. The maximum Gasteiger partial charge on any atom is 0.338 e. The van der Waals surface area contributed by atoms with E-state index in [0.717, 1.165) is 0 Å². The van der Waals surface area contributed by atoms with E-state index in [1.807, 2.05) is 6.07 Å². The number of nitrogens with zero attached hydrogens (tertiary/aromatic N) is 4. The van der Waals surface area contributed by atoms with Gasteiger partial charge in [-0.3, -0.25) is 0 Å². The third kappa shape index (κ3) is 0.813. The van der Waals surface area contributed by atoms with E-state index in [4.69, 9.17) is 4.74 Å². The van der Waals surface area contributed by atoms with Crippen LogP contribution in [0.1, 0.15) is 0 Å². The summed E-state index contributed by atoms with van der Waals surface area (Å²) in [6.45, 7) is 0. The van der Waals surface area contributed by atoms with Crippen molar-refractivity contribution in [1.82, 2.24) is 19.8 Å². The fourth-order valence-corrected chi connectivity index (χ4v) is 0.851. The van der Waals surface area contributed by atoms with Crippen LogP contribution >= 0.6 is 0 Å². The summed E-state index contributed by atoms with van der Waals surface area (Å²) in [5.41, 5.74) is 0.685. The molecule has 0 amide bonds. The lowest BCUT2D eigenvalue weighted by Crippen LogP contribution is -1.94. The smallest absolute Gasteiger partial charge is 0.338 e. The van der Waals surface area contributed by atoms with Crippen molar-refractivity contribution in [2.24, 2.45) is 0 Å². The Morgan fingerprint density at radius 2 is 2.36 bits per heavy atom. The lowest BCUT2D eigenvalue weighted by atomic mass is 10.6. The van der Waals surface area contributed by atoms with Crippen LogP contribution in [0.3, 0.4) is 0 Å². The average molecular weight is 150 g/mol. The van der Waals surface area contributed by atoms with Crippen LogP contribution in [-0.4, -0.2) is 26.9 Å². The summed E-state index contributed by atoms with van der Waals surface area (Å²) in [6, 6.07) is 4.01. The molecule has 2 aromatic heterocycles. The number of aromatic nitrogens is 4. The number of ether oxygens (including phenoxy) is 1. The van der Waals surface area contributed by atoms with Gasteiger partial charge >= 0.3 is 6.01 Å². The van der Waals surface area contributed by atoms with E-state index < -0.39 is 0 Å². The highest BCUT2D eigenvalue weighted by Gasteiger charge is 2.02. The minimum Gasteiger partial charge on any atom is -0.466 e. The molecule has 0 fully saturated rings. The second-order valence-corrected chi connectivity index (χ2v) is 1.98. The summed E-state index contributed by atoms with van der Waals surface area (Å²) in [5, 5.41) is 11.5. The molecule has 0 saturated heterocycles. The standard InChI is InChI=1S/C6H6N4O/c1-11-6-9-8-5-3-2-4-7-10(5)6/h2-4H,1H3. The van der Waals surface area contributed by atoms with E-state index in [1.165, 1.54) is 11.6 Å². The Hall–Kier alpha value is -1.65. The Kier molecular flexibility index (Phi) is 1.21. The third-order valence-corrected chi connectivity index (χ3v) is 1.33. The zero-order valence-corrected chi connectivity index (χ0v) is 5.93. The summed E-state index contributed by atoms with van der Waals surface area (Å²) in [5.74, 6) is 0. The topological polar surface area (TPSA) is 52.3 Å². The first-order chi connectivity index (χ1) is 5.42. The monoisotopic (exact) mass is 150 g/mol. The highest BCUT2D eigenvalue weighted by molar-refractivity contribution is 5.35. The molecule has 0 unspecified atom stereocenters. The molecular weight excluding hydrogens is 144 g/mol. The molecule has 5 heteroatoms. The van der Waals surface area contributed by atoms with Gasteiger partial charge in [0.05, 0.1) is 7.11 Å². The molecule has 0 spiro atoms. The molecule has 11 heavy (non-hydrogen) atoms. The molecule has 2 rings (SSSR count). The summed E-state index contributed by atoms with van der Waals surface area (Å²) < 4.78 is 6.42. The molecule has 0 aliphatic rings. The maximum absolute atomic E-state index is 4.89. The van der Waals surface area contributed by atoms with E-state index >= 15 is 0 Å². The van der Waals surface area contributed by atoms with Crippen LogP contribution in [0.4, 0.5) is 0 Å². The zero-order valence-electron chi connectivity index (χ0n) is 5.93. The van der Waals surface area contributed by atoms with Crippen LogP contribution in [0, 0.1) is 0 Å². The first-order valence-electron chi connectivity index (χ1n) is 3.12. The Balaban J connectivity index is 2.76. The van der Waals surface area contributed by atoms with E-state index in [9.17, 15) is 0 Å². The molecule has 0 aliphatic heterocycles. The zero-order chi connectivity index (χ0) is 7.68. The summed E-state index contributed by atoms with van der Waals surface area (Å²) >= 11 is 0. The molecular formula is C6H6N4O. The van der Waals surface area contributed by atoms with Crippen LogP contribution in [0.2, 0.25) is 0 Å². The lowest BCUT2D eigenvalue weighted by Gasteiger charge is -1.92. The Bertz CT molecular complexity index is 369. The van der Waals surface area contributed by atoms with Gasteiger partial charge in [0.25, 0.3) is 0 Å². The van der Waals surface area contributed by atoms with Gasteiger partial charge in [0.15, 0.2) is 5.65 Å². The van der Waals surface area contributed by atoms with Crippen molar-refractivity contribution in [1.29, 1.82) is 0 Å². The molecule has 0 N–H and O–H groups in total. The van der Waals surface area contributed by atoms with E-state index in [0.29, 0.717) is 11.7 Å². The molecule has 2 aromatic rings. The summed E-state index contributed by atoms with van der Waals surface area (Å²) in [6.07, 6.45) is 1.65. The molecule has 0 atom stereocenters. The lowest BCUT2D eigenvalue weighted by molar-refractivity contribution is 0.369. The number of fused-ring (bicyclic) bond motifs is 1. The van der Waals surface area contributed by atoms with Gasteiger partial charge in [0.1, 0.15) is 0 Å². The molecule has 0 saturated carbocycles. The van der Waals surface area contributed by atoms with Gasteiger partial charge in [-0.15, -0.1) is 5.10 Å². The summed E-state index contributed by atoms with van der Waals surface area (Å²) in [4.78, 5) is 0. The number of methoxy groups -OCH3 is 1. The van der Waals surface area contributed by atoms with Gasteiger partial charge in [-0.25, -0.2) is 0 Å². The molecule has 2 heterocycles. The average Bonchev–Trinajstić information content (AvgIpc) is 2.47. The van der Waals surface area contributed by atoms with Crippen LogP contribution in [-0.2, 0) is 0 Å². The van der Waals surface area contributed by atoms with Crippen molar-refractivity contribution in [3.63, 3.8) is 0 Å². The molecule has 56 valence electrons. The fourth-order valence-electron chi connectivity index (χ4n) is 0.851. The Morgan fingerprint density at radius 3 is 3.18 bits per heavy atom. The van der Waals surface area contributed by atoms with Gasteiger partial charge in [-0.05, 0) is 12.1 Å². The predicted molar refractivity (Wildman–Crippen MR) is 37.3 cm³/mol. The van der Waals surface area contributed by atoms with Crippen molar-refractivity contribution >= 4 is 5.65 Å². The molecule has 0 bridgehead atoms. The highest BCUT2D eigenvalue weighted by Crippen LogP contribution is 2.05. The minimum atomic E-state index is 0.403. The van der Waals surface area contributed by atoms with Gasteiger partial charge in [-0.1, -0.05) is 5.10 Å². The molecule has 0 aromatic carbocycles. The van der Waals surface area contributed by atoms with Crippen LogP contribution < -0.4 is 4.74 Å². The molecule has 0 aliphatic carbocycles. The number of hydrogen-bond donors (Lipinski definition) is 0. The van der Waals surface area contributed by atoms with Gasteiger partial charge < -0.3 is 4.74 Å². The first-order valence-corrected chi connectivity index (χ1v) is 3.12. The second kappa shape index (κ2) is 2.19. The van der Waals surface area contributed by atoms with Crippen molar-refractivity contribution in [2.75, 3.05) is 7.11 Å². The van der Waals surface area contributed by atoms with Gasteiger partial charge in [0.2, 0.25) is 0 Å². The van der Waals surface area contributed by atoms with Gasteiger partial charge in [-0.2, -0.15) is 9.61 Å². The van der Waals surface area contributed by atoms with Gasteiger partial charge in [0, 0.05) is 6.20 Å². The van der Waals surface area contributed by atoms with E-state index in [1.54, 1.807) is 12.3 Å². The van der Waals surface area contributed by atoms with Crippen molar-refractivity contribution in [3.8, 4) is 6.01 Å². The molecule has 5 nitrogen and oxygen atoms in total. The maximum atomic E-state index is 4.89. The van der Waals surface area contributed by atoms with Crippen LogP contribution in [0.25, 0.3) is 5.65 Å². The van der Waals surface area contributed by atoms with E-state index in [-0.39, 0.29) is 0 Å². The molecule has 0 radical (unpaired) electrons. The largest absolute Gasteiger partial charge is 0.466 e. The quantitative estimate of drug-likeness (QED) is 0.580. The minimum absolute atomic E-state index is 0.403. The second-order valence-electron chi connectivity index (χ2n) is 1.98. The Morgan fingerprint density at radius 1 is 1.45 bits per heavy atom. The highest BCUT2D eigenvalue weighted by atomic mass is 16.5. The van der Waals surface area contributed by atoms with Crippen LogP contribution in [0.15, 0.2) is 18.3 Å². The van der Waals surface area contributed by atoms with Crippen molar-refractivity contribution in [2.45, 2.75) is 0 Å². The number of hydrogen-bond acceptors (Lipinski definition) is 4. The number of rotatable bonds is 1. The predicted octanol–water partition coefficient (Wildman–Crippen LogP) is 0.133.